The smallest absolute Gasteiger partial charge is 0.870 e. The van der Waals surface area contributed by atoms with Crippen molar-refractivity contribution in [2.45, 2.75) is 81.1 Å². The molecular formula is C90H96Cl5N17NaO14P. The number of nitrogen functional groups attached to an aromatic ring is 1. The quantitative estimate of drug-likeness (QED) is 0.00820. The maximum atomic E-state index is 12.2. The molecule has 38 heteroatoms. The summed E-state index contributed by atoms with van der Waals surface area (Å²) in [5.41, 5.74) is 29.0. The number of H-pyrrole nitrogens is 1. The second-order valence-corrected chi connectivity index (χ2v) is 33.1. The van der Waals surface area contributed by atoms with Crippen molar-refractivity contribution in [3.63, 3.8) is 0 Å². The Morgan fingerprint density at radius 1 is 0.453 bits per heavy atom. The number of para-hydroxylation sites is 1. The van der Waals surface area contributed by atoms with Crippen molar-refractivity contribution in [1.29, 1.82) is 0 Å². The molecule has 0 unspecified atom stereocenters. The third-order valence-electron chi connectivity index (χ3n) is 16.2. The Morgan fingerprint density at radius 3 is 1.27 bits per heavy atom. The van der Waals surface area contributed by atoms with Gasteiger partial charge in [-0.2, -0.15) is 0 Å². The van der Waals surface area contributed by atoms with Crippen molar-refractivity contribution in [3.05, 3.63) is 281 Å². The normalized spacial score (nSPS) is 10.1. The SMILES string of the molecule is C.CCCOc1ccc(N)c(C(N)=O)c1.CCCOc1ccc(NC(=O)c2cccnc2)c(C(N)=O)c1.CCCOc1ccc2nc(-c3cccnc3)[nH]c(=O)c2c1.CCCOc1ccc2nc(-c3cccnc3)nc(Cl)c2c1.CCCOc1ccc2nc(-c3cccnc3)nc(Nc3ccccc3C(N)=O)c2c1.CCO.O=C(Cl)c1cccnc1.O=P(Cl)(Cl)Cl.[Na+].[OH-]. The molecule has 6 aromatic carbocycles. The van der Waals surface area contributed by atoms with E-state index in [0.29, 0.717) is 129 Å². The zero-order valence-electron chi connectivity index (χ0n) is 70.2. The molecular weight excluding hydrogens is 1770 g/mol. The molecule has 31 nitrogen and oxygen atoms in total. The number of fused-ring (bicyclic) bond motifs is 3. The van der Waals surface area contributed by atoms with Crippen LogP contribution < -0.4 is 92.4 Å². The van der Waals surface area contributed by atoms with Crippen molar-refractivity contribution >= 4 is 147 Å². The number of carbonyl (C=O) groups is 5. The number of pyridine rings is 5. The second kappa shape index (κ2) is 57.4. The minimum absolute atomic E-state index is 0. The summed E-state index contributed by atoms with van der Waals surface area (Å²) >= 11 is 25.3. The van der Waals surface area contributed by atoms with E-state index in [-0.39, 0.29) is 66.1 Å². The summed E-state index contributed by atoms with van der Waals surface area (Å²) < 4.78 is 37.2. The fourth-order valence-corrected chi connectivity index (χ4v) is 10.9. The Bertz CT molecular complexity index is 5960. The Morgan fingerprint density at radius 2 is 0.836 bits per heavy atom. The largest absolute Gasteiger partial charge is 1.00 e. The van der Waals surface area contributed by atoms with Gasteiger partial charge < -0.3 is 72.8 Å². The van der Waals surface area contributed by atoms with Crippen molar-refractivity contribution in [3.8, 4) is 62.9 Å². The molecule has 0 saturated carbocycles. The number of rotatable bonds is 26. The van der Waals surface area contributed by atoms with E-state index in [1.807, 2.05) is 99.6 Å². The number of carbonyl (C=O) groups excluding carboxylic acids is 5. The molecule has 0 spiro atoms. The first-order valence-corrected chi connectivity index (χ1v) is 44.0. The van der Waals surface area contributed by atoms with Gasteiger partial charge in [-0.1, -0.05) is 65.8 Å². The van der Waals surface area contributed by atoms with Gasteiger partial charge in [-0.3, -0.25) is 58.3 Å². The number of aromatic amines is 1. The molecule has 0 aliphatic rings. The number of hydrogen-bond acceptors (Lipinski definition) is 26. The molecule has 14 aromatic rings. The molecule has 4 amide bonds. The van der Waals surface area contributed by atoms with E-state index in [0.717, 1.165) is 82.1 Å². The van der Waals surface area contributed by atoms with Crippen LogP contribution in [0.5, 0.6) is 28.7 Å². The average Bonchev–Trinajstić information content (AvgIpc) is 0.778. The number of nitrogens with two attached hydrogens (primary N) is 4. The molecule has 0 fully saturated rings. The minimum atomic E-state index is -3.22. The topological polar surface area (TPSA) is 489 Å². The molecule has 0 saturated heterocycles. The average molecular weight is 1870 g/mol. The standard InChI is InChI=1S/C23H21N5O2.C16H14ClN3O.C16H17N3O3.C16H15N3O2.C10H14N2O2.C6H4ClNO.C2H6O.CH4.Cl3OP.Na.H2O/c1-2-12-30-16-9-10-20-18(13-16)23(27-19-8-4-3-7-17(19)21(24)29)28-22(26-20)15-6-5-11-25-14-15;1-2-8-21-12-5-6-14-13(9-12)15(17)20-16(19-14)11-4-3-7-18-10-11;1-2-8-22-12-5-6-14(13(9-12)15(17)20)19-16(21)11-4-3-7-18-10-11;1-2-8-21-12-5-6-14-13(9-12)16(20)19-15(18-14)11-4-3-7-17-10-11;1-2-5-14-7-3-4-9(11)8(6-7)10(12)13;7-6(9)5-2-1-3-8-4-5;1-2-3;;1-5(2,3)4;;/h3-11,13-14H,2,12H2,1H3,(H2,24,29)(H,26,27,28);3-7,9-10H,2,8H2,1H3;3-7,9-10H,2,8H2,1H3,(H2,17,20)(H,19,21);3-7,9-10H,2,8H2,1H3,(H,18,19,20);3-4,6H,2,5,11H2,1H3,(H2,12,13);1-4H;3H,2H2,1H3;1H4;;;1H2/q;;;;;;;;;+1;/p-1. The molecule has 666 valence electrons. The molecule has 8 heterocycles. The number of aliphatic hydroxyl groups excluding tert-OH is 1. The number of nitrogens with zero attached hydrogens (tertiary/aromatic N) is 10. The van der Waals surface area contributed by atoms with Gasteiger partial charge in [0.25, 0.3) is 34.4 Å². The summed E-state index contributed by atoms with van der Waals surface area (Å²) in [6, 6.07) is 51.2. The Labute approximate surface area is 786 Å². The first-order chi connectivity index (χ1) is 60.2. The van der Waals surface area contributed by atoms with Crippen LogP contribution in [0.3, 0.4) is 0 Å². The van der Waals surface area contributed by atoms with Gasteiger partial charge in [0.15, 0.2) is 11.6 Å². The summed E-state index contributed by atoms with van der Waals surface area (Å²) in [6.45, 7) is 15.2. The van der Waals surface area contributed by atoms with Crippen LogP contribution >= 0.6 is 62.1 Å². The monoisotopic (exact) mass is 1870 g/mol. The number of primary amides is 3. The van der Waals surface area contributed by atoms with Crippen LogP contribution in [0.1, 0.15) is 133 Å². The summed E-state index contributed by atoms with van der Waals surface area (Å²) in [7, 11) is 0. The number of amides is 4. The van der Waals surface area contributed by atoms with Crippen LogP contribution in [0.2, 0.25) is 5.15 Å². The summed E-state index contributed by atoms with van der Waals surface area (Å²) in [6.07, 6.45) is 20.8. The van der Waals surface area contributed by atoms with Crippen LogP contribution in [0.25, 0.3) is 66.9 Å². The van der Waals surface area contributed by atoms with E-state index in [2.05, 4.69) is 108 Å². The van der Waals surface area contributed by atoms with E-state index in [4.69, 9.17) is 79.9 Å². The Kier molecular flexibility index (Phi) is 48.4. The molecule has 0 atom stereocenters. The Balaban J connectivity index is 0.000000322. The number of ether oxygens (including phenoxy) is 5. The van der Waals surface area contributed by atoms with Crippen molar-refractivity contribution in [1.82, 2.24) is 54.8 Å². The van der Waals surface area contributed by atoms with Crippen molar-refractivity contribution in [2.75, 3.05) is 56.0 Å². The molecule has 13 N–H and O–H groups in total. The summed E-state index contributed by atoms with van der Waals surface area (Å²) in [4.78, 5) is 114. The first-order valence-electron chi connectivity index (χ1n) is 38.8. The van der Waals surface area contributed by atoms with Gasteiger partial charge in [-0.25, -0.2) is 24.9 Å². The summed E-state index contributed by atoms with van der Waals surface area (Å²) in [5.74, 6) is 3.46. The minimum Gasteiger partial charge on any atom is -0.870 e. The van der Waals surface area contributed by atoms with E-state index in [1.165, 1.54) is 18.5 Å². The zero-order valence-corrected chi connectivity index (χ0v) is 76.9. The number of halogens is 5. The fraction of sp³-hybridized carbons (Fsp3) is 0.200. The van der Waals surface area contributed by atoms with Crippen LogP contribution in [0.15, 0.2) is 243 Å². The van der Waals surface area contributed by atoms with E-state index in [9.17, 15) is 33.3 Å². The van der Waals surface area contributed by atoms with E-state index >= 15 is 0 Å². The van der Waals surface area contributed by atoms with Gasteiger partial charge in [0.2, 0.25) is 0 Å². The number of nitrogens with one attached hydrogen (secondary N) is 3. The molecule has 14 rings (SSSR count). The maximum Gasteiger partial charge on any atom is 1.00 e. The van der Waals surface area contributed by atoms with E-state index in [1.54, 1.807) is 147 Å². The van der Waals surface area contributed by atoms with Gasteiger partial charge in [-0.15, -0.1) is 0 Å². The number of benzene rings is 6. The number of aromatic nitrogens is 11. The number of anilines is 4. The van der Waals surface area contributed by atoms with Gasteiger partial charge in [0.1, 0.15) is 45.5 Å². The van der Waals surface area contributed by atoms with Gasteiger partial charge >= 0.3 is 34.8 Å². The van der Waals surface area contributed by atoms with Crippen LogP contribution in [0, 0.1) is 0 Å². The number of hydrogen-bond donors (Lipinski definition) is 8. The predicted octanol–water partition coefficient (Wildman–Crippen LogP) is 16.3. The third kappa shape index (κ3) is 36.2. The molecule has 0 aliphatic heterocycles. The molecule has 0 radical (unpaired) electrons. The molecule has 0 aliphatic carbocycles. The van der Waals surface area contributed by atoms with Gasteiger partial charge in [0, 0.05) is 102 Å². The van der Waals surface area contributed by atoms with Crippen molar-refractivity contribution in [2.24, 2.45) is 17.2 Å². The zero-order chi connectivity index (χ0) is 90.6. The van der Waals surface area contributed by atoms with Crippen LogP contribution in [0.4, 0.5) is 22.9 Å². The summed E-state index contributed by atoms with van der Waals surface area (Å²) in [5, 5.41) is 12.3. The molecule has 8 aromatic heterocycles. The first kappa shape index (κ1) is 108. The van der Waals surface area contributed by atoms with Gasteiger partial charge in [-0.05, 0) is 248 Å². The third-order valence-corrected chi connectivity index (χ3v) is 16.7. The maximum absolute atomic E-state index is 12.2. The van der Waals surface area contributed by atoms with Crippen LogP contribution in [-0.4, -0.2) is 134 Å². The fourth-order valence-electron chi connectivity index (χ4n) is 10.5. The van der Waals surface area contributed by atoms with Crippen molar-refractivity contribution < 1.29 is 92.4 Å². The van der Waals surface area contributed by atoms with Gasteiger partial charge in [0.05, 0.1) is 94.2 Å². The number of aliphatic hydroxyl groups is 1. The van der Waals surface area contributed by atoms with E-state index < -0.39 is 28.2 Å². The predicted molar refractivity (Wildman–Crippen MR) is 501 cm³/mol. The van der Waals surface area contributed by atoms with Crippen LogP contribution in [-0.2, 0) is 4.57 Å². The molecule has 128 heavy (non-hydrogen) atoms. The Hall–Kier alpha value is -12.4. The molecule has 0 bridgehead atoms. The second-order valence-electron chi connectivity index (χ2n) is 25.8.